The zero-order valence-corrected chi connectivity index (χ0v) is 15.7. The van der Waals surface area contributed by atoms with Crippen LogP contribution < -0.4 is 10.5 Å². The Morgan fingerprint density at radius 1 is 1.15 bits per heavy atom. The number of benzene rings is 2. The van der Waals surface area contributed by atoms with Crippen molar-refractivity contribution in [3.05, 3.63) is 59.5 Å². The first-order chi connectivity index (χ1) is 12.5. The summed E-state index contributed by atoms with van der Waals surface area (Å²) >= 11 is 5.83. The molecule has 0 saturated heterocycles. The molecule has 0 atom stereocenters. The minimum Gasteiger partial charge on any atom is -0.497 e. The van der Waals surface area contributed by atoms with Crippen LogP contribution in [0.25, 0.3) is 33.5 Å². The zero-order chi connectivity index (χ0) is 18.3. The Labute approximate surface area is 165 Å². The third kappa shape index (κ3) is 3.54. The van der Waals surface area contributed by atoms with Gasteiger partial charge in [0, 0.05) is 17.8 Å². The second-order valence-electron chi connectivity index (χ2n) is 5.76. The molecule has 8 heteroatoms. The molecule has 4 aromatic rings. The fourth-order valence-electron chi connectivity index (χ4n) is 2.76. The molecule has 0 saturated carbocycles. The van der Waals surface area contributed by atoms with E-state index >= 15 is 0 Å². The number of fused-ring (bicyclic) bond motifs is 1. The van der Waals surface area contributed by atoms with Crippen LogP contribution in [0.2, 0.25) is 5.02 Å². The van der Waals surface area contributed by atoms with Gasteiger partial charge in [-0.05, 0) is 29.8 Å². The molecule has 4 rings (SSSR count). The van der Waals surface area contributed by atoms with E-state index < -0.39 is 5.82 Å². The van der Waals surface area contributed by atoms with Gasteiger partial charge in [0.1, 0.15) is 23.2 Å². The van der Waals surface area contributed by atoms with Crippen LogP contribution in [0.4, 0.5) is 10.2 Å². The highest BCUT2D eigenvalue weighted by Gasteiger charge is 2.13. The monoisotopic (exact) mass is 404 g/mol. The summed E-state index contributed by atoms with van der Waals surface area (Å²) in [6.45, 7) is 0. The maximum atomic E-state index is 13.7. The molecule has 2 aromatic heterocycles. The lowest BCUT2D eigenvalue weighted by Gasteiger charge is -2.07. The Kier molecular flexibility index (Phi) is 5.21. The number of nitrogen functional groups attached to an aromatic ring is 1. The van der Waals surface area contributed by atoms with Crippen molar-refractivity contribution in [1.82, 2.24) is 15.0 Å². The molecule has 0 spiro atoms. The van der Waals surface area contributed by atoms with Crippen LogP contribution in [-0.4, -0.2) is 22.1 Å². The van der Waals surface area contributed by atoms with Gasteiger partial charge in [-0.1, -0.05) is 23.7 Å². The largest absolute Gasteiger partial charge is 0.497 e. The second kappa shape index (κ2) is 7.42. The van der Waals surface area contributed by atoms with Gasteiger partial charge in [-0.2, -0.15) is 0 Å². The van der Waals surface area contributed by atoms with Gasteiger partial charge in [-0.3, -0.25) is 0 Å². The van der Waals surface area contributed by atoms with E-state index in [1.165, 1.54) is 12.1 Å². The number of nitrogens with zero attached hydrogens (tertiary/aromatic N) is 2. The Balaban J connectivity index is 0.00000210. The van der Waals surface area contributed by atoms with Crippen LogP contribution in [0.1, 0.15) is 0 Å². The topological polar surface area (TPSA) is 76.8 Å². The fraction of sp³-hybridized carbons (Fsp3) is 0.0526. The Morgan fingerprint density at radius 2 is 1.96 bits per heavy atom. The fourth-order valence-corrected chi connectivity index (χ4v) is 2.92. The molecule has 0 amide bonds. The molecular formula is C19H15Cl2FN4O. The van der Waals surface area contributed by atoms with Gasteiger partial charge in [0.2, 0.25) is 0 Å². The maximum absolute atomic E-state index is 13.7. The van der Waals surface area contributed by atoms with Crippen molar-refractivity contribution in [2.24, 2.45) is 0 Å². The predicted octanol–water partition coefficient (Wildman–Crippen LogP) is 5.10. The number of aromatic nitrogens is 3. The van der Waals surface area contributed by atoms with Gasteiger partial charge in [-0.15, -0.1) is 12.4 Å². The number of hydrogen-bond donors (Lipinski definition) is 2. The molecule has 0 radical (unpaired) electrons. The van der Waals surface area contributed by atoms with Crippen molar-refractivity contribution in [1.29, 1.82) is 0 Å². The van der Waals surface area contributed by atoms with Crippen molar-refractivity contribution < 1.29 is 9.13 Å². The molecule has 2 aromatic carbocycles. The van der Waals surface area contributed by atoms with Crippen LogP contribution in [0.3, 0.4) is 0 Å². The number of hydrogen-bond acceptors (Lipinski definition) is 4. The van der Waals surface area contributed by atoms with Crippen molar-refractivity contribution in [3.63, 3.8) is 0 Å². The normalized spacial score (nSPS) is 10.6. The number of pyridine rings is 1. The molecule has 0 unspecified atom stereocenters. The summed E-state index contributed by atoms with van der Waals surface area (Å²) in [5, 5.41) is 0.0202. The van der Waals surface area contributed by atoms with Gasteiger partial charge < -0.3 is 15.5 Å². The predicted molar refractivity (Wildman–Crippen MR) is 108 cm³/mol. The lowest BCUT2D eigenvalue weighted by Crippen LogP contribution is -1.96. The molecule has 3 N–H and O–H groups in total. The molecule has 2 heterocycles. The van der Waals surface area contributed by atoms with Crippen LogP contribution in [0, 0.1) is 5.82 Å². The van der Waals surface area contributed by atoms with E-state index in [4.69, 9.17) is 22.1 Å². The summed E-state index contributed by atoms with van der Waals surface area (Å²) in [7, 11) is 1.62. The number of imidazole rings is 1. The highest BCUT2D eigenvalue weighted by molar-refractivity contribution is 6.31. The molecule has 0 aliphatic rings. The van der Waals surface area contributed by atoms with E-state index in [0.717, 1.165) is 16.9 Å². The van der Waals surface area contributed by atoms with Crippen molar-refractivity contribution in [3.8, 4) is 28.3 Å². The SMILES string of the molecule is COc1cccc(-c2cnc(N)c(-c3nc4cc(Cl)c(F)cc4[nH]3)c2)c1.Cl. The molecule has 138 valence electrons. The van der Waals surface area contributed by atoms with E-state index in [1.807, 2.05) is 30.3 Å². The van der Waals surface area contributed by atoms with Gasteiger partial charge >= 0.3 is 0 Å². The summed E-state index contributed by atoms with van der Waals surface area (Å²) in [5.41, 5.74) is 9.55. The first kappa shape index (κ1) is 18.9. The number of rotatable bonds is 3. The number of H-pyrrole nitrogens is 1. The average Bonchev–Trinajstić information content (AvgIpc) is 3.05. The van der Waals surface area contributed by atoms with Crippen molar-refractivity contribution >= 4 is 40.9 Å². The molecule has 0 bridgehead atoms. The van der Waals surface area contributed by atoms with Crippen molar-refractivity contribution in [2.75, 3.05) is 12.8 Å². The number of halogens is 3. The first-order valence-corrected chi connectivity index (χ1v) is 8.18. The highest BCUT2D eigenvalue weighted by Crippen LogP contribution is 2.31. The van der Waals surface area contributed by atoms with Gasteiger partial charge in [0.15, 0.2) is 0 Å². The second-order valence-corrected chi connectivity index (χ2v) is 6.16. The zero-order valence-electron chi connectivity index (χ0n) is 14.2. The Hall–Kier alpha value is -2.83. The molecule has 5 nitrogen and oxygen atoms in total. The summed E-state index contributed by atoms with van der Waals surface area (Å²) in [6, 6.07) is 12.3. The maximum Gasteiger partial charge on any atom is 0.144 e. The lowest BCUT2D eigenvalue weighted by molar-refractivity contribution is 0.415. The number of nitrogens with one attached hydrogen (secondary N) is 1. The van der Waals surface area contributed by atoms with Crippen LogP contribution in [-0.2, 0) is 0 Å². The number of nitrogens with two attached hydrogens (primary N) is 1. The average molecular weight is 405 g/mol. The third-order valence-corrected chi connectivity index (χ3v) is 4.39. The minimum absolute atomic E-state index is 0. The molecular weight excluding hydrogens is 390 g/mol. The standard InChI is InChI=1S/C19H14ClFN4O.ClH/c1-26-12-4-2-3-10(5-12)11-6-13(18(22)23-9-11)19-24-16-7-14(20)15(21)8-17(16)25-19;/h2-9H,1H3,(H2,22,23)(H,24,25);1H. The Bertz CT molecular complexity index is 1090. The first-order valence-electron chi connectivity index (χ1n) is 7.80. The summed E-state index contributed by atoms with van der Waals surface area (Å²) in [5.74, 6) is 1.05. The highest BCUT2D eigenvalue weighted by atomic mass is 35.5. The van der Waals surface area contributed by atoms with Gasteiger partial charge in [0.05, 0.1) is 28.7 Å². The number of aromatic amines is 1. The molecule has 0 aliphatic heterocycles. The van der Waals surface area contributed by atoms with Gasteiger partial charge in [0.25, 0.3) is 0 Å². The van der Waals surface area contributed by atoms with Crippen molar-refractivity contribution in [2.45, 2.75) is 0 Å². The lowest BCUT2D eigenvalue weighted by atomic mass is 10.0. The summed E-state index contributed by atoms with van der Waals surface area (Å²) in [6.07, 6.45) is 1.69. The van der Waals surface area contributed by atoms with E-state index in [0.29, 0.717) is 28.2 Å². The van der Waals surface area contributed by atoms with Crippen LogP contribution in [0.15, 0.2) is 48.7 Å². The quantitative estimate of drug-likeness (QED) is 0.497. The number of methoxy groups -OCH3 is 1. The molecule has 0 aliphatic carbocycles. The smallest absolute Gasteiger partial charge is 0.144 e. The van der Waals surface area contributed by atoms with Gasteiger partial charge in [-0.25, -0.2) is 14.4 Å². The van der Waals surface area contributed by atoms with E-state index in [1.54, 1.807) is 13.3 Å². The van der Waals surface area contributed by atoms with E-state index in [2.05, 4.69) is 15.0 Å². The summed E-state index contributed by atoms with van der Waals surface area (Å²) < 4.78 is 18.9. The van der Waals surface area contributed by atoms with Crippen LogP contribution in [0.5, 0.6) is 5.75 Å². The Morgan fingerprint density at radius 3 is 2.74 bits per heavy atom. The number of ether oxygens (including phenoxy) is 1. The van der Waals surface area contributed by atoms with E-state index in [-0.39, 0.29) is 17.4 Å². The third-order valence-electron chi connectivity index (χ3n) is 4.10. The van der Waals surface area contributed by atoms with Crippen LogP contribution >= 0.6 is 24.0 Å². The van der Waals surface area contributed by atoms with E-state index in [9.17, 15) is 4.39 Å². The minimum atomic E-state index is -0.509. The molecule has 27 heavy (non-hydrogen) atoms. The number of anilines is 1. The summed E-state index contributed by atoms with van der Waals surface area (Å²) in [4.78, 5) is 11.8. The molecule has 0 fully saturated rings.